The van der Waals surface area contributed by atoms with Gasteiger partial charge in [-0.2, -0.15) is 4.98 Å². The Bertz CT molecular complexity index is 1410. The lowest BCUT2D eigenvalue weighted by Gasteiger charge is -2.28. The third-order valence-corrected chi connectivity index (χ3v) is 9.56. The molecule has 0 saturated heterocycles. The molecular formula is C27H46N4O13P2. The highest BCUT2D eigenvalue weighted by Gasteiger charge is 2.49. The molecule has 2 heterocycles. The number of nitrogens with one attached hydrogen (secondary N) is 1. The lowest BCUT2D eigenvalue weighted by Crippen LogP contribution is -2.33. The molecule has 1 saturated carbocycles. The number of amides is 1. The van der Waals surface area contributed by atoms with Crippen LogP contribution in [0.25, 0.3) is 0 Å². The van der Waals surface area contributed by atoms with E-state index in [1.54, 1.807) is 0 Å². The molecule has 6 atom stereocenters. The molecule has 2 aliphatic rings. The first-order valence-corrected chi connectivity index (χ1v) is 17.9. The summed E-state index contributed by atoms with van der Waals surface area (Å²) in [5.41, 5.74) is 4.70. The fourth-order valence-corrected chi connectivity index (χ4v) is 6.84. The van der Waals surface area contributed by atoms with E-state index in [-0.39, 0.29) is 23.7 Å². The molecule has 0 radical (unpaired) electrons. The number of unbranched alkanes of at least 4 members (excludes halogenated alkanes) is 1. The van der Waals surface area contributed by atoms with Gasteiger partial charge in [0.2, 0.25) is 12.1 Å². The third-order valence-electron chi connectivity index (χ3n) is 8.20. The van der Waals surface area contributed by atoms with E-state index in [2.05, 4.69) is 42.5 Å². The predicted octanol–water partition coefficient (Wildman–Crippen LogP) is 1.92. The van der Waals surface area contributed by atoms with Crippen molar-refractivity contribution in [1.82, 2.24) is 14.9 Å². The molecule has 1 amide bonds. The van der Waals surface area contributed by atoms with Crippen LogP contribution in [0.15, 0.2) is 28.6 Å². The van der Waals surface area contributed by atoms with Gasteiger partial charge in [-0.25, -0.2) is 13.9 Å². The summed E-state index contributed by atoms with van der Waals surface area (Å²) in [6.45, 7) is 7.30. The Labute approximate surface area is 267 Å². The monoisotopic (exact) mass is 696 g/mol. The molecule has 19 heteroatoms. The van der Waals surface area contributed by atoms with Crippen LogP contribution in [-0.4, -0.2) is 72.8 Å². The van der Waals surface area contributed by atoms with Crippen LogP contribution in [-0.2, 0) is 32.2 Å². The van der Waals surface area contributed by atoms with Crippen LogP contribution in [0, 0.1) is 22.7 Å². The Kier molecular flexibility index (Phi) is 12.6. The van der Waals surface area contributed by atoms with Crippen molar-refractivity contribution >= 4 is 27.4 Å². The first-order chi connectivity index (χ1) is 21.2. The van der Waals surface area contributed by atoms with Gasteiger partial charge in [-0.05, 0) is 48.5 Å². The highest BCUT2D eigenvalue weighted by atomic mass is 31.2. The molecule has 0 aromatic carbocycles. The van der Waals surface area contributed by atoms with E-state index in [9.17, 15) is 33.8 Å². The maximum Gasteiger partial charge on any atom is 0.527 e. The van der Waals surface area contributed by atoms with E-state index in [1.807, 2.05) is 0 Å². The van der Waals surface area contributed by atoms with E-state index < -0.39 is 64.3 Å². The molecule has 8 N–H and O–H groups in total. The highest BCUT2D eigenvalue weighted by Crippen LogP contribution is 2.58. The van der Waals surface area contributed by atoms with Gasteiger partial charge in [-0.1, -0.05) is 34.1 Å². The fourth-order valence-electron chi connectivity index (χ4n) is 5.65. The zero-order valence-corrected chi connectivity index (χ0v) is 28.2. The maximum absolute atomic E-state index is 12.8. The number of rotatable bonds is 19. The summed E-state index contributed by atoms with van der Waals surface area (Å²) in [7, 11) is -10.1. The van der Waals surface area contributed by atoms with Gasteiger partial charge < -0.3 is 40.3 Å². The number of nitrogen functional groups attached to an aromatic ring is 1. The van der Waals surface area contributed by atoms with Gasteiger partial charge in [-0.3, -0.25) is 23.3 Å². The average Bonchev–Trinajstić information content (AvgIpc) is 3.39. The third kappa shape index (κ3) is 11.4. The van der Waals surface area contributed by atoms with Gasteiger partial charge in [-0.15, -0.1) is 0 Å². The normalized spacial score (nSPS) is 25.1. The number of phosphoric acid groups is 2. The zero-order chi connectivity index (χ0) is 34.5. The molecule has 46 heavy (non-hydrogen) atoms. The highest BCUT2D eigenvalue weighted by molar-refractivity contribution is 7.47. The Morgan fingerprint density at radius 2 is 1.96 bits per heavy atom. The molecule has 1 aromatic heterocycles. The SMILES string of the molecule is CC1CC1(C)CC(C)(C)CC(=O)NCCCCC(CO)COP(=O)(O)OC1=C(COP(=O)(O)O)O[C@@H](n2ccc(N)nc2=O)C1O. The summed E-state index contributed by atoms with van der Waals surface area (Å²) in [4.78, 5) is 56.8. The van der Waals surface area contributed by atoms with Gasteiger partial charge in [0.05, 0.1) is 6.61 Å². The number of ether oxygens (including phenoxy) is 1. The number of anilines is 1. The molecule has 1 fully saturated rings. The number of aliphatic hydroxyl groups excluding tert-OH is 2. The van der Waals surface area contributed by atoms with Gasteiger partial charge in [0.25, 0.3) is 0 Å². The minimum absolute atomic E-state index is 0.0277. The van der Waals surface area contributed by atoms with Gasteiger partial charge >= 0.3 is 21.3 Å². The van der Waals surface area contributed by atoms with E-state index in [0.29, 0.717) is 43.6 Å². The van der Waals surface area contributed by atoms with Crippen LogP contribution in [0.2, 0.25) is 0 Å². The number of hydrogen-bond acceptors (Lipinski definition) is 12. The van der Waals surface area contributed by atoms with Crippen molar-refractivity contribution in [1.29, 1.82) is 0 Å². The van der Waals surface area contributed by atoms with Crippen molar-refractivity contribution in [2.75, 3.05) is 32.1 Å². The molecule has 1 aliphatic carbocycles. The number of phosphoric ester groups is 2. The van der Waals surface area contributed by atoms with Crippen LogP contribution in [0.4, 0.5) is 5.82 Å². The smallest absolute Gasteiger partial charge is 0.465 e. The van der Waals surface area contributed by atoms with Crippen molar-refractivity contribution in [2.45, 2.75) is 78.6 Å². The molecule has 262 valence electrons. The average molecular weight is 697 g/mol. The number of nitrogens with two attached hydrogens (primary N) is 1. The van der Waals surface area contributed by atoms with Gasteiger partial charge in [0, 0.05) is 31.7 Å². The van der Waals surface area contributed by atoms with E-state index in [0.717, 1.165) is 17.2 Å². The van der Waals surface area contributed by atoms with Crippen molar-refractivity contribution in [3.63, 3.8) is 0 Å². The summed E-state index contributed by atoms with van der Waals surface area (Å²) in [6, 6.07) is 1.21. The molecule has 1 aliphatic heterocycles. The minimum Gasteiger partial charge on any atom is -0.465 e. The van der Waals surface area contributed by atoms with Gasteiger partial charge in [0.15, 0.2) is 17.6 Å². The van der Waals surface area contributed by atoms with E-state index in [1.165, 1.54) is 12.5 Å². The second-order valence-electron chi connectivity index (χ2n) is 13.1. The van der Waals surface area contributed by atoms with Crippen molar-refractivity contribution in [2.24, 2.45) is 22.7 Å². The summed E-state index contributed by atoms with van der Waals surface area (Å²) in [5, 5.41) is 23.5. The first-order valence-electron chi connectivity index (χ1n) is 14.9. The Morgan fingerprint density at radius 1 is 1.28 bits per heavy atom. The molecule has 0 bridgehead atoms. The number of aromatic nitrogens is 2. The maximum atomic E-state index is 12.8. The Hall–Kier alpha value is -2.33. The second-order valence-corrected chi connectivity index (χ2v) is 15.7. The number of carbonyl (C=O) groups excluding carboxylic acids is 1. The number of hydrogen-bond donors (Lipinski definition) is 7. The van der Waals surface area contributed by atoms with Crippen LogP contribution < -0.4 is 16.7 Å². The van der Waals surface area contributed by atoms with E-state index >= 15 is 0 Å². The summed E-state index contributed by atoms with van der Waals surface area (Å²) in [5.74, 6) is -1.43. The second kappa shape index (κ2) is 15.3. The molecule has 0 spiro atoms. The molecule has 1 aromatic rings. The number of aliphatic hydroxyl groups is 2. The summed E-state index contributed by atoms with van der Waals surface area (Å²) < 4.78 is 44.6. The predicted molar refractivity (Wildman–Crippen MR) is 163 cm³/mol. The van der Waals surface area contributed by atoms with Crippen LogP contribution in [0.1, 0.15) is 72.4 Å². The fraction of sp³-hybridized carbons (Fsp3) is 0.741. The lowest BCUT2D eigenvalue weighted by atomic mass is 9.78. The van der Waals surface area contributed by atoms with Crippen LogP contribution >= 0.6 is 15.6 Å². The topological polar surface area (TPSA) is 262 Å². The van der Waals surface area contributed by atoms with Crippen molar-refractivity contribution < 1.29 is 57.1 Å². The first kappa shape index (κ1) is 38.1. The lowest BCUT2D eigenvalue weighted by molar-refractivity contribution is -0.123. The standard InChI is InChI=1S/C27H46N4O13P2/c1-17-11-27(17,4)16-26(2,3)12-21(33)29-9-6-5-7-18(13-32)14-42-46(39,40)44-23-19(15-41-45(36,37)38)43-24(22(23)34)31-10-8-20(28)30-25(31)35/h8,10,17-18,22,24,32,34H,5-7,9,11-16H2,1-4H3,(H,29,33)(H,39,40)(H2,28,30,35)(H2,36,37,38)/t17?,18?,22?,24-,27?/m1/s1. The Morgan fingerprint density at radius 3 is 2.54 bits per heavy atom. The minimum atomic E-state index is -5.05. The summed E-state index contributed by atoms with van der Waals surface area (Å²) >= 11 is 0. The van der Waals surface area contributed by atoms with E-state index in [4.69, 9.17) is 29.3 Å². The molecule has 5 unspecified atom stereocenters. The number of nitrogens with zero attached hydrogens (tertiary/aromatic N) is 2. The number of carbonyl (C=O) groups is 1. The molecular weight excluding hydrogens is 650 g/mol. The van der Waals surface area contributed by atoms with Crippen molar-refractivity contribution in [3.05, 3.63) is 34.3 Å². The molecule has 17 nitrogen and oxygen atoms in total. The zero-order valence-electron chi connectivity index (χ0n) is 26.4. The van der Waals surface area contributed by atoms with Gasteiger partial charge in [0.1, 0.15) is 12.4 Å². The van der Waals surface area contributed by atoms with Crippen LogP contribution in [0.3, 0.4) is 0 Å². The quantitative estimate of drug-likeness (QED) is 0.0805. The van der Waals surface area contributed by atoms with Crippen molar-refractivity contribution in [3.8, 4) is 0 Å². The Balaban J connectivity index is 1.50. The van der Waals surface area contributed by atoms with Crippen LogP contribution in [0.5, 0.6) is 0 Å². The molecule has 3 rings (SSSR count). The summed E-state index contributed by atoms with van der Waals surface area (Å²) in [6.07, 6.45) is 1.71. The largest absolute Gasteiger partial charge is 0.527 e.